The molecule has 2 atom stereocenters. The molecule has 14 heavy (non-hydrogen) atoms. The molecule has 0 amide bonds. The van der Waals surface area contributed by atoms with Gasteiger partial charge >= 0.3 is 0 Å². The van der Waals surface area contributed by atoms with E-state index < -0.39 is 0 Å². The number of likely N-dealkylation sites (tertiary alicyclic amines) is 1. The SMILES string of the molecule is CCC1CCN(CC2CNCCS2)C1. The molecule has 0 aromatic carbocycles. The lowest BCUT2D eigenvalue weighted by Gasteiger charge is -2.27. The molecule has 2 aliphatic rings. The van der Waals surface area contributed by atoms with Crippen LogP contribution in [-0.2, 0) is 0 Å². The summed E-state index contributed by atoms with van der Waals surface area (Å²) in [6.45, 7) is 8.76. The first-order valence-corrected chi connectivity index (χ1v) is 6.98. The van der Waals surface area contributed by atoms with E-state index in [4.69, 9.17) is 0 Å². The van der Waals surface area contributed by atoms with Crippen molar-refractivity contribution in [3.63, 3.8) is 0 Å². The van der Waals surface area contributed by atoms with E-state index in [1.165, 1.54) is 51.3 Å². The summed E-state index contributed by atoms with van der Waals surface area (Å²) in [7, 11) is 0. The maximum atomic E-state index is 3.49. The van der Waals surface area contributed by atoms with Crippen molar-refractivity contribution in [3.8, 4) is 0 Å². The minimum atomic E-state index is 0.847. The van der Waals surface area contributed by atoms with Crippen molar-refractivity contribution in [3.05, 3.63) is 0 Å². The third-order valence-electron chi connectivity index (χ3n) is 3.41. The largest absolute Gasteiger partial charge is 0.315 e. The molecule has 2 saturated heterocycles. The number of nitrogens with one attached hydrogen (secondary N) is 1. The van der Waals surface area contributed by atoms with Gasteiger partial charge in [-0.3, -0.25) is 0 Å². The highest BCUT2D eigenvalue weighted by molar-refractivity contribution is 8.00. The highest BCUT2D eigenvalue weighted by Gasteiger charge is 2.24. The van der Waals surface area contributed by atoms with Gasteiger partial charge in [-0.05, 0) is 18.9 Å². The number of rotatable bonds is 3. The lowest BCUT2D eigenvalue weighted by molar-refractivity contribution is 0.319. The highest BCUT2D eigenvalue weighted by atomic mass is 32.2. The monoisotopic (exact) mass is 214 g/mol. The van der Waals surface area contributed by atoms with E-state index >= 15 is 0 Å². The molecule has 0 radical (unpaired) electrons. The van der Waals surface area contributed by atoms with Crippen LogP contribution in [0.3, 0.4) is 0 Å². The summed E-state index contributed by atoms with van der Waals surface area (Å²) in [6.07, 6.45) is 2.80. The molecule has 1 N–H and O–H groups in total. The first-order valence-electron chi connectivity index (χ1n) is 5.93. The van der Waals surface area contributed by atoms with Gasteiger partial charge in [0.15, 0.2) is 0 Å². The van der Waals surface area contributed by atoms with Gasteiger partial charge in [-0.1, -0.05) is 13.3 Å². The zero-order valence-electron chi connectivity index (χ0n) is 9.17. The predicted octanol–water partition coefficient (Wildman–Crippen LogP) is 1.42. The van der Waals surface area contributed by atoms with E-state index in [0.717, 1.165) is 11.2 Å². The van der Waals surface area contributed by atoms with Crippen LogP contribution in [0.25, 0.3) is 0 Å². The van der Waals surface area contributed by atoms with Crippen molar-refractivity contribution in [1.29, 1.82) is 0 Å². The Hall–Kier alpha value is 0.270. The molecule has 82 valence electrons. The van der Waals surface area contributed by atoms with Crippen molar-refractivity contribution >= 4 is 11.8 Å². The van der Waals surface area contributed by atoms with Crippen molar-refractivity contribution in [2.24, 2.45) is 5.92 Å². The van der Waals surface area contributed by atoms with Crippen LogP contribution in [0.1, 0.15) is 19.8 Å². The van der Waals surface area contributed by atoms with E-state index in [1.807, 2.05) is 0 Å². The van der Waals surface area contributed by atoms with E-state index in [-0.39, 0.29) is 0 Å². The zero-order valence-corrected chi connectivity index (χ0v) is 9.98. The third-order valence-corrected chi connectivity index (χ3v) is 4.64. The van der Waals surface area contributed by atoms with Gasteiger partial charge in [0.2, 0.25) is 0 Å². The van der Waals surface area contributed by atoms with Crippen molar-refractivity contribution < 1.29 is 0 Å². The summed E-state index contributed by atoms with van der Waals surface area (Å²) in [5, 5.41) is 4.33. The fourth-order valence-corrected chi connectivity index (χ4v) is 3.58. The maximum Gasteiger partial charge on any atom is 0.0300 e. The molecular formula is C11H22N2S. The molecule has 2 unspecified atom stereocenters. The zero-order chi connectivity index (χ0) is 9.80. The number of nitrogens with zero attached hydrogens (tertiary/aromatic N) is 1. The molecule has 0 bridgehead atoms. The third kappa shape index (κ3) is 2.88. The second-order valence-corrected chi connectivity index (χ2v) is 5.93. The lowest BCUT2D eigenvalue weighted by atomic mass is 10.1. The van der Waals surface area contributed by atoms with Gasteiger partial charge in [0.05, 0.1) is 0 Å². The van der Waals surface area contributed by atoms with E-state index in [2.05, 4.69) is 28.9 Å². The van der Waals surface area contributed by atoms with E-state index in [9.17, 15) is 0 Å². The lowest BCUT2D eigenvalue weighted by Crippen LogP contribution is -2.40. The van der Waals surface area contributed by atoms with Crippen molar-refractivity contribution in [2.75, 3.05) is 38.5 Å². The van der Waals surface area contributed by atoms with Crippen LogP contribution in [0, 0.1) is 5.92 Å². The van der Waals surface area contributed by atoms with Gasteiger partial charge in [0, 0.05) is 37.2 Å². The van der Waals surface area contributed by atoms with E-state index in [0.29, 0.717) is 0 Å². The first kappa shape index (κ1) is 10.8. The summed E-state index contributed by atoms with van der Waals surface area (Å²) >= 11 is 2.15. The van der Waals surface area contributed by atoms with Gasteiger partial charge in [-0.15, -0.1) is 0 Å². The average molecular weight is 214 g/mol. The summed E-state index contributed by atoms with van der Waals surface area (Å²) in [6, 6.07) is 0. The Kier molecular flexibility index (Phi) is 4.14. The summed E-state index contributed by atoms with van der Waals surface area (Å²) in [4.78, 5) is 2.67. The van der Waals surface area contributed by atoms with Gasteiger partial charge in [-0.2, -0.15) is 11.8 Å². The Balaban J connectivity index is 1.69. The fraction of sp³-hybridized carbons (Fsp3) is 1.00. The van der Waals surface area contributed by atoms with Gasteiger partial charge in [0.1, 0.15) is 0 Å². The molecule has 2 nitrogen and oxygen atoms in total. The second kappa shape index (κ2) is 5.38. The predicted molar refractivity (Wildman–Crippen MR) is 64.0 cm³/mol. The summed E-state index contributed by atoms with van der Waals surface area (Å²) < 4.78 is 0. The Morgan fingerprint density at radius 3 is 3.07 bits per heavy atom. The van der Waals surface area contributed by atoms with Crippen molar-refractivity contribution in [2.45, 2.75) is 25.0 Å². The molecule has 0 spiro atoms. The number of hydrogen-bond acceptors (Lipinski definition) is 3. The van der Waals surface area contributed by atoms with Crippen LogP contribution in [0.2, 0.25) is 0 Å². The molecule has 3 heteroatoms. The quantitative estimate of drug-likeness (QED) is 0.765. The molecule has 2 rings (SSSR count). The van der Waals surface area contributed by atoms with Crippen LogP contribution in [0.4, 0.5) is 0 Å². The van der Waals surface area contributed by atoms with Crippen LogP contribution in [-0.4, -0.2) is 48.6 Å². The molecule has 0 aromatic rings. The Morgan fingerprint density at radius 1 is 1.50 bits per heavy atom. The van der Waals surface area contributed by atoms with Gasteiger partial charge < -0.3 is 10.2 Å². The van der Waals surface area contributed by atoms with Crippen LogP contribution >= 0.6 is 11.8 Å². The molecular weight excluding hydrogens is 192 g/mol. The normalized spacial score (nSPS) is 34.9. The van der Waals surface area contributed by atoms with Crippen LogP contribution in [0.5, 0.6) is 0 Å². The maximum absolute atomic E-state index is 3.49. The van der Waals surface area contributed by atoms with Gasteiger partial charge in [0.25, 0.3) is 0 Å². The number of thioether (sulfide) groups is 1. The Bertz CT molecular complexity index is 169. The van der Waals surface area contributed by atoms with Crippen molar-refractivity contribution in [1.82, 2.24) is 10.2 Å². The highest BCUT2D eigenvalue weighted by Crippen LogP contribution is 2.22. The molecule has 0 aliphatic carbocycles. The Labute approximate surface area is 91.8 Å². The standard InChI is InChI=1S/C11H22N2S/c1-2-10-3-5-13(8-10)9-11-7-12-4-6-14-11/h10-12H,2-9H2,1H3. The second-order valence-electron chi connectivity index (χ2n) is 4.52. The molecule has 2 fully saturated rings. The minimum absolute atomic E-state index is 0.847. The summed E-state index contributed by atoms with van der Waals surface area (Å²) in [5.74, 6) is 2.28. The topological polar surface area (TPSA) is 15.3 Å². The first-order chi connectivity index (χ1) is 6.88. The van der Waals surface area contributed by atoms with E-state index in [1.54, 1.807) is 0 Å². The molecule has 2 aliphatic heterocycles. The average Bonchev–Trinajstić information content (AvgIpc) is 2.67. The Morgan fingerprint density at radius 2 is 2.43 bits per heavy atom. The number of hydrogen-bond donors (Lipinski definition) is 1. The molecule has 0 saturated carbocycles. The summed E-state index contributed by atoms with van der Waals surface area (Å²) in [5.41, 5.74) is 0. The van der Waals surface area contributed by atoms with Crippen LogP contribution in [0.15, 0.2) is 0 Å². The van der Waals surface area contributed by atoms with Gasteiger partial charge in [-0.25, -0.2) is 0 Å². The molecule has 0 aromatic heterocycles. The molecule has 2 heterocycles. The smallest absolute Gasteiger partial charge is 0.0300 e. The fourth-order valence-electron chi connectivity index (χ4n) is 2.44. The van der Waals surface area contributed by atoms with Crippen LogP contribution < -0.4 is 5.32 Å². The minimum Gasteiger partial charge on any atom is -0.315 e.